The lowest BCUT2D eigenvalue weighted by molar-refractivity contribution is 0.382. The molecule has 96 valence electrons. The zero-order valence-electron chi connectivity index (χ0n) is 9.98. The lowest BCUT2D eigenvalue weighted by Gasteiger charge is -2.12. The van der Waals surface area contributed by atoms with Gasteiger partial charge >= 0.3 is 0 Å². The molecule has 1 fully saturated rings. The summed E-state index contributed by atoms with van der Waals surface area (Å²) >= 11 is 0. The summed E-state index contributed by atoms with van der Waals surface area (Å²) in [6.07, 6.45) is 1.87. The topological polar surface area (TPSA) is 62.6 Å². The summed E-state index contributed by atoms with van der Waals surface area (Å²) in [5.41, 5.74) is 0. The molecular formula is C11H18N2O3S. The number of nitrogens with one attached hydrogen (secondary N) is 1. The van der Waals surface area contributed by atoms with Crippen molar-refractivity contribution in [1.29, 1.82) is 0 Å². The maximum Gasteiger partial charge on any atom is 0.276 e. The van der Waals surface area contributed by atoms with Crippen molar-refractivity contribution >= 4 is 10.0 Å². The Hall–Kier alpha value is -0.850. The van der Waals surface area contributed by atoms with Crippen molar-refractivity contribution in [3.63, 3.8) is 0 Å². The molecule has 0 aromatic carbocycles. The van der Waals surface area contributed by atoms with Gasteiger partial charge in [-0.3, -0.25) is 0 Å². The second-order valence-corrected chi connectivity index (χ2v) is 5.98. The Balaban J connectivity index is 2.13. The number of sulfonamides is 1. The van der Waals surface area contributed by atoms with Gasteiger partial charge in [-0.1, -0.05) is 6.92 Å². The average Bonchev–Trinajstić information content (AvgIpc) is 2.97. The summed E-state index contributed by atoms with van der Waals surface area (Å²) < 4.78 is 31.1. The largest absolute Gasteiger partial charge is 0.447 e. The fourth-order valence-corrected chi connectivity index (χ4v) is 3.34. The molecule has 1 aromatic rings. The molecule has 0 spiro atoms. The van der Waals surface area contributed by atoms with E-state index in [0.29, 0.717) is 25.4 Å². The first-order chi connectivity index (χ1) is 8.14. The van der Waals surface area contributed by atoms with Gasteiger partial charge in [0.05, 0.1) is 6.54 Å². The lowest BCUT2D eigenvalue weighted by Crippen LogP contribution is -2.27. The van der Waals surface area contributed by atoms with Crippen LogP contribution in [-0.2, 0) is 16.6 Å². The summed E-state index contributed by atoms with van der Waals surface area (Å²) in [6.45, 7) is 4.59. The van der Waals surface area contributed by atoms with Crippen molar-refractivity contribution in [2.24, 2.45) is 0 Å². The van der Waals surface area contributed by atoms with Crippen LogP contribution in [-0.4, -0.2) is 32.4 Å². The SMILES string of the molecule is CCNCc1ccc(S(=O)(=O)N2CCCC2)o1. The Bertz CT molecular complexity index is 461. The van der Waals surface area contributed by atoms with Crippen molar-refractivity contribution in [1.82, 2.24) is 9.62 Å². The van der Waals surface area contributed by atoms with Gasteiger partial charge in [-0.05, 0) is 31.5 Å². The van der Waals surface area contributed by atoms with E-state index in [4.69, 9.17) is 4.42 Å². The Morgan fingerprint density at radius 3 is 2.71 bits per heavy atom. The molecule has 0 unspecified atom stereocenters. The quantitative estimate of drug-likeness (QED) is 0.861. The van der Waals surface area contributed by atoms with Crippen LogP contribution in [0, 0.1) is 0 Å². The van der Waals surface area contributed by atoms with Gasteiger partial charge in [-0.25, -0.2) is 8.42 Å². The molecular weight excluding hydrogens is 240 g/mol. The van der Waals surface area contributed by atoms with Crippen LogP contribution < -0.4 is 5.32 Å². The third kappa shape index (κ3) is 2.70. The van der Waals surface area contributed by atoms with E-state index in [1.807, 2.05) is 6.92 Å². The van der Waals surface area contributed by atoms with E-state index in [-0.39, 0.29) is 5.09 Å². The van der Waals surface area contributed by atoms with Gasteiger partial charge in [0.15, 0.2) is 0 Å². The molecule has 0 amide bonds. The van der Waals surface area contributed by atoms with E-state index < -0.39 is 10.0 Å². The van der Waals surface area contributed by atoms with Crippen LogP contribution in [0.2, 0.25) is 0 Å². The number of furan rings is 1. The van der Waals surface area contributed by atoms with Crippen molar-refractivity contribution in [3.8, 4) is 0 Å². The fraction of sp³-hybridized carbons (Fsp3) is 0.636. The van der Waals surface area contributed by atoms with Crippen LogP contribution in [0.4, 0.5) is 0 Å². The zero-order valence-corrected chi connectivity index (χ0v) is 10.8. The van der Waals surface area contributed by atoms with Crippen LogP contribution in [0.3, 0.4) is 0 Å². The minimum atomic E-state index is -3.40. The molecule has 2 heterocycles. The van der Waals surface area contributed by atoms with Crippen LogP contribution in [0.5, 0.6) is 0 Å². The van der Waals surface area contributed by atoms with Crippen LogP contribution in [0.1, 0.15) is 25.5 Å². The zero-order chi connectivity index (χ0) is 12.3. The van der Waals surface area contributed by atoms with Gasteiger partial charge in [0.25, 0.3) is 10.0 Å². The Kier molecular flexibility index (Phi) is 3.86. The maximum atomic E-state index is 12.1. The molecule has 1 aromatic heterocycles. The molecule has 1 saturated heterocycles. The minimum absolute atomic E-state index is 0.0623. The number of hydrogen-bond acceptors (Lipinski definition) is 4. The van der Waals surface area contributed by atoms with E-state index in [0.717, 1.165) is 19.4 Å². The van der Waals surface area contributed by atoms with E-state index in [1.165, 1.54) is 4.31 Å². The van der Waals surface area contributed by atoms with Crippen molar-refractivity contribution in [2.45, 2.75) is 31.4 Å². The Labute approximate surface area is 102 Å². The van der Waals surface area contributed by atoms with E-state index in [1.54, 1.807) is 12.1 Å². The summed E-state index contributed by atoms with van der Waals surface area (Å²) in [4.78, 5) is 0. The number of nitrogens with zero attached hydrogens (tertiary/aromatic N) is 1. The van der Waals surface area contributed by atoms with E-state index in [2.05, 4.69) is 5.32 Å². The molecule has 0 aliphatic carbocycles. The maximum absolute atomic E-state index is 12.1. The monoisotopic (exact) mass is 258 g/mol. The van der Waals surface area contributed by atoms with Crippen molar-refractivity contribution in [3.05, 3.63) is 17.9 Å². The lowest BCUT2D eigenvalue weighted by atomic mass is 10.4. The third-order valence-electron chi connectivity index (χ3n) is 2.85. The van der Waals surface area contributed by atoms with Gasteiger partial charge < -0.3 is 9.73 Å². The molecule has 17 heavy (non-hydrogen) atoms. The highest BCUT2D eigenvalue weighted by Gasteiger charge is 2.29. The molecule has 0 saturated carbocycles. The highest BCUT2D eigenvalue weighted by molar-refractivity contribution is 7.89. The number of hydrogen-bond donors (Lipinski definition) is 1. The normalized spacial score (nSPS) is 17.7. The van der Waals surface area contributed by atoms with Crippen LogP contribution in [0.15, 0.2) is 21.6 Å². The fourth-order valence-electron chi connectivity index (χ4n) is 1.90. The van der Waals surface area contributed by atoms with Gasteiger partial charge in [0.1, 0.15) is 5.76 Å². The third-order valence-corrected chi connectivity index (χ3v) is 4.62. The molecule has 0 atom stereocenters. The molecule has 5 nitrogen and oxygen atoms in total. The van der Waals surface area contributed by atoms with E-state index in [9.17, 15) is 8.42 Å². The highest BCUT2D eigenvalue weighted by atomic mass is 32.2. The molecule has 1 N–H and O–H groups in total. The van der Waals surface area contributed by atoms with E-state index >= 15 is 0 Å². The first-order valence-corrected chi connectivity index (χ1v) is 7.38. The van der Waals surface area contributed by atoms with Crippen molar-refractivity contribution < 1.29 is 12.8 Å². The standard InChI is InChI=1S/C11H18N2O3S/c1-2-12-9-10-5-6-11(16-10)17(14,15)13-7-3-4-8-13/h5-6,12H,2-4,7-9H2,1H3. The van der Waals surface area contributed by atoms with Gasteiger partial charge in [-0.2, -0.15) is 4.31 Å². The predicted molar refractivity (Wildman–Crippen MR) is 64.1 cm³/mol. The summed E-state index contributed by atoms with van der Waals surface area (Å²) in [6, 6.07) is 3.26. The second-order valence-electron chi connectivity index (χ2n) is 4.11. The van der Waals surface area contributed by atoms with Crippen LogP contribution in [0.25, 0.3) is 0 Å². The van der Waals surface area contributed by atoms with Crippen LogP contribution >= 0.6 is 0 Å². The number of rotatable bonds is 5. The Morgan fingerprint density at radius 2 is 2.06 bits per heavy atom. The molecule has 2 rings (SSSR count). The molecule has 0 radical (unpaired) electrons. The Morgan fingerprint density at radius 1 is 1.35 bits per heavy atom. The highest BCUT2D eigenvalue weighted by Crippen LogP contribution is 2.22. The van der Waals surface area contributed by atoms with Crippen molar-refractivity contribution in [2.75, 3.05) is 19.6 Å². The van der Waals surface area contributed by atoms with Gasteiger partial charge in [0.2, 0.25) is 5.09 Å². The second kappa shape index (κ2) is 5.20. The predicted octanol–water partition coefficient (Wildman–Crippen LogP) is 1.17. The van der Waals surface area contributed by atoms with Gasteiger partial charge in [-0.15, -0.1) is 0 Å². The summed E-state index contributed by atoms with van der Waals surface area (Å²) in [5, 5.41) is 3.16. The first-order valence-electron chi connectivity index (χ1n) is 5.94. The molecule has 0 bridgehead atoms. The summed E-state index contributed by atoms with van der Waals surface area (Å²) in [5.74, 6) is 0.657. The smallest absolute Gasteiger partial charge is 0.276 e. The minimum Gasteiger partial charge on any atom is -0.447 e. The average molecular weight is 258 g/mol. The first kappa shape index (κ1) is 12.6. The molecule has 1 aliphatic rings. The summed E-state index contributed by atoms with van der Waals surface area (Å²) in [7, 11) is -3.40. The molecule has 6 heteroatoms. The molecule has 1 aliphatic heterocycles. The van der Waals surface area contributed by atoms with Gasteiger partial charge in [0, 0.05) is 13.1 Å².